The molecule has 0 saturated heterocycles. The Labute approximate surface area is 245 Å². The number of carbonyl (C=O) groups excluding carboxylic acids is 1. The summed E-state index contributed by atoms with van der Waals surface area (Å²) in [5, 5.41) is 25.0. The van der Waals surface area contributed by atoms with Crippen molar-refractivity contribution in [1.82, 2.24) is 9.97 Å². The van der Waals surface area contributed by atoms with Gasteiger partial charge in [0.1, 0.15) is 28.5 Å². The Hall–Kier alpha value is -4.78. The summed E-state index contributed by atoms with van der Waals surface area (Å²) < 4.78 is 16.3. The Morgan fingerprint density at radius 3 is 2.24 bits per heavy atom. The molecule has 0 aliphatic heterocycles. The van der Waals surface area contributed by atoms with Gasteiger partial charge in [0.25, 0.3) is 0 Å². The molecule has 0 fully saturated rings. The first-order valence-corrected chi connectivity index (χ1v) is 14.1. The van der Waals surface area contributed by atoms with E-state index in [1.165, 1.54) is 32.7 Å². The first kappa shape index (κ1) is 29.2. The Kier molecular flexibility index (Phi) is 9.30. The van der Waals surface area contributed by atoms with Crippen LogP contribution in [-0.4, -0.2) is 42.5 Å². The molecule has 3 N–H and O–H groups in total. The van der Waals surface area contributed by atoms with Crippen molar-refractivity contribution < 1.29 is 19.0 Å². The summed E-state index contributed by atoms with van der Waals surface area (Å²) in [7, 11) is 4.41. The summed E-state index contributed by atoms with van der Waals surface area (Å²) in [6.45, 7) is 1.85. The summed E-state index contributed by atoms with van der Waals surface area (Å²) in [4.78, 5) is 22.2. The zero-order valence-electron chi connectivity index (χ0n) is 22.7. The lowest BCUT2D eigenvalue weighted by molar-refractivity contribution is -0.115. The standard InChI is InChI=1S/C29H26N6O4S2/c1-5-23(27(36)35-29-33-20(15-40-29)16-9-7-6-8-10-16)41-28-19(14-31)24(18(13-30)26(32)34-28)17-11-21(37-2)25(39-4)22(12-17)38-3/h6-12,15,23H,5H2,1-4H3,(H2,32,34)(H,33,35,36)/t23-/m1/s1. The van der Waals surface area contributed by atoms with Crippen molar-refractivity contribution in [2.45, 2.75) is 23.6 Å². The third kappa shape index (κ3) is 6.04. The maximum atomic E-state index is 13.3. The molecule has 4 rings (SSSR count). The molecule has 0 aliphatic carbocycles. The van der Waals surface area contributed by atoms with Crippen LogP contribution in [0.25, 0.3) is 22.4 Å². The molecule has 0 saturated carbocycles. The van der Waals surface area contributed by atoms with Crippen molar-refractivity contribution in [2.75, 3.05) is 32.4 Å². The molecule has 1 atom stereocenters. The maximum absolute atomic E-state index is 13.3. The number of nitrogens with zero attached hydrogens (tertiary/aromatic N) is 4. The number of benzene rings is 2. The van der Waals surface area contributed by atoms with E-state index in [4.69, 9.17) is 19.9 Å². The van der Waals surface area contributed by atoms with E-state index in [0.29, 0.717) is 34.4 Å². The third-order valence-corrected chi connectivity index (χ3v) is 8.20. The van der Waals surface area contributed by atoms with Crippen LogP contribution >= 0.6 is 23.1 Å². The number of thioether (sulfide) groups is 1. The van der Waals surface area contributed by atoms with E-state index in [1.807, 2.05) is 42.6 Å². The minimum Gasteiger partial charge on any atom is -0.493 e. The van der Waals surface area contributed by atoms with Crippen molar-refractivity contribution in [2.24, 2.45) is 0 Å². The second-order valence-electron chi connectivity index (χ2n) is 8.47. The van der Waals surface area contributed by atoms with Gasteiger partial charge in [-0.1, -0.05) is 49.0 Å². The molecule has 2 heterocycles. The van der Waals surface area contributed by atoms with Gasteiger partial charge < -0.3 is 25.3 Å². The van der Waals surface area contributed by atoms with Gasteiger partial charge >= 0.3 is 0 Å². The van der Waals surface area contributed by atoms with E-state index < -0.39 is 5.25 Å². The van der Waals surface area contributed by atoms with Crippen LogP contribution in [-0.2, 0) is 4.79 Å². The zero-order valence-corrected chi connectivity index (χ0v) is 24.4. The Bertz CT molecular complexity index is 1640. The largest absolute Gasteiger partial charge is 0.493 e. The van der Waals surface area contributed by atoms with Crippen LogP contribution in [0.4, 0.5) is 10.9 Å². The molecule has 0 bridgehead atoms. The van der Waals surface area contributed by atoms with Crippen LogP contribution in [0.1, 0.15) is 24.5 Å². The lowest BCUT2D eigenvalue weighted by Gasteiger charge is -2.18. The second kappa shape index (κ2) is 13.0. The number of nitriles is 2. The van der Waals surface area contributed by atoms with Gasteiger partial charge in [0.15, 0.2) is 16.6 Å². The van der Waals surface area contributed by atoms with Crippen LogP contribution in [0, 0.1) is 22.7 Å². The van der Waals surface area contributed by atoms with Gasteiger partial charge in [0, 0.05) is 16.5 Å². The molecule has 0 spiro atoms. The molecule has 12 heteroatoms. The smallest absolute Gasteiger partial charge is 0.239 e. The minimum absolute atomic E-state index is 0.0221. The number of ether oxygens (including phenoxy) is 3. The van der Waals surface area contributed by atoms with E-state index in [2.05, 4.69) is 27.4 Å². The first-order chi connectivity index (χ1) is 19.9. The van der Waals surface area contributed by atoms with Crippen LogP contribution < -0.4 is 25.3 Å². The van der Waals surface area contributed by atoms with Crippen LogP contribution in [0.3, 0.4) is 0 Å². The molecule has 41 heavy (non-hydrogen) atoms. The van der Waals surface area contributed by atoms with Gasteiger partial charge in [-0.2, -0.15) is 10.5 Å². The highest BCUT2D eigenvalue weighted by Gasteiger charge is 2.27. The number of pyridine rings is 1. The quantitative estimate of drug-likeness (QED) is 0.220. The summed E-state index contributed by atoms with van der Waals surface area (Å²) in [5.74, 6) is 0.661. The van der Waals surface area contributed by atoms with Gasteiger partial charge in [-0.05, 0) is 24.1 Å². The third-order valence-electron chi connectivity index (χ3n) is 6.09. The molecule has 0 aliphatic rings. The average molecular weight is 587 g/mol. The van der Waals surface area contributed by atoms with E-state index >= 15 is 0 Å². The van der Waals surface area contributed by atoms with Gasteiger partial charge in [-0.15, -0.1) is 11.3 Å². The number of aromatic nitrogens is 2. The number of hydrogen-bond acceptors (Lipinski definition) is 11. The maximum Gasteiger partial charge on any atom is 0.239 e. The number of hydrogen-bond donors (Lipinski definition) is 2. The number of nitrogen functional groups attached to an aromatic ring is 1. The highest BCUT2D eigenvalue weighted by atomic mass is 32.2. The Morgan fingerprint density at radius 2 is 1.68 bits per heavy atom. The molecular weight excluding hydrogens is 560 g/mol. The molecule has 0 unspecified atom stereocenters. The average Bonchev–Trinajstić information content (AvgIpc) is 3.47. The predicted molar refractivity (Wildman–Crippen MR) is 159 cm³/mol. The molecule has 2 aromatic heterocycles. The predicted octanol–water partition coefficient (Wildman–Crippen LogP) is 5.73. The number of thiazole rings is 1. The van der Waals surface area contributed by atoms with Crippen molar-refractivity contribution in [3.63, 3.8) is 0 Å². The minimum atomic E-state index is -0.626. The lowest BCUT2D eigenvalue weighted by Crippen LogP contribution is -2.25. The number of methoxy groups -OCH3 is 3. The number of anilines is 2. The molecular formula is C29H26N6O4S2. The second-order valence-corrected chi connectivity index (χ2v) is 10.5. The summed E-state index contributed by atoms with van der Waals surface area (Å²) in [6, 6.07) is 17.1. The van der Waals surface area contributed by atoms with Crippen molar-refractivity contribution in [1.29, 1.82) is 10.5 Å². The molecule has 4 aromatic rings. The van der Waals surface area contributed by atoms with Gasteiger partial charge in [0.2, 0.25) is 11.7 Å². The van der Waals surface area contributed by atoms with Crippen molar-refractivity contribution >= 4 is 40.0 Å². The van der Waals surface area contributed by atoms with E-state index in [-0.39, 0.29) is 33.4 Å². The molecule has 2 aromatic carbocycles. The van der Waals surface area contributed by atoms with E-state index in [1.54, 1.807) is 12.1 Å². The normalized spacial score (nSPS) is 11.2. The summed E-state index contributed by atoms with van der Waals surface area (Å²) in [6.07, 6.45) is 0.430. The molecule has 1 amide bonds. The highest BCUT2D eigenvalue weighted by molar-refractivity contribution is 8.00. The van der Waals surface area contributed by atoms with Crippen molar-refractivity contribution in [3.8, 4) is 51.8 Å². The fraction of sp³-hybridized carbons (Fsp3) is 0.207. The first-order valence-electron chi connectivity index (χ1n) is 12.3. The van der Waals surface area contributed by atoms with Crippen LogP contribution in [0.5, 0.6) is 17.2 Å². The Morgan fingerprint density at radius 1 is 1.02 bits per heavy atom. The zero-order chi connectivity index (χ0) is 29.5. The summed E-state index contributed by atoms with van der Waals surface area (Å²) in [5.41, 5.74) is 8.74. The van der Waals surface area contributed by atoms with Crippen molar-refractivity contribution in [3.05, 3.63) is 59.0 Å². The number of nitrogens with two attached hydrogens (primary N) is 1. The summed E-state index contributed by atoms with van der Waals surface area (Å²) >= 11 is 2.42. The number of amides is 1. The molecule has 10 nitrogen and oxygen atoms in total. The topological polar surface area (TPSA) is 156 Å². The van der Waals surface area contributed by atoms with Gasteiger partial charge in [-0.3, -0.25) is 4.79 Å². The molecule has 208 valence electrons. The fourth-order valence-electron chi connectivity index (χ4n) is 4.11. The highest BCUT2D eigenvalue weighted by Crippen LogP contribution is 2.45. The number of carbonyl (C=O) groups is 1. The van der Waals surface area contributed by atoms with E-state index in [9.17, 15) is 15.3 Å². The molecule has 0 radical (unpaired) electrons. The van der Waals surface area contributed by atoms with Crippen LogP contribution in [0.15, 0.2) is 52.9 Å². The van der Waals surface area contributed by atoms with E-state index in [0.717, 1.165) is 23.0 Å². The fourth-order valence-corrected chi connectivity index (χ4v) is 5.85. The Balaban J connectivity index is 1.71. The number of rotatable bonds is 10. The lowest BCUT2D eigenvalue weighted by atomic mass is 9.96. The number of nitrogens with one attached hydrogen (secondary N) is 1. The van der Waals surface area contributed by atoms with Gasteiger partial charge in [0.05, 0.1) is 37.8 Å². The monoisotopic (exact) mass is 586 g/mol. The SMILES string of the molecule is CC[C@@H](Sc1nc(N)c(C#N)c(-c2cc(OC)c(OC)c(OC)c2)c1C#N)C(=O)Nc1nc(-c2ccccc2)cs1. The van der Waals surface area contributed by atoms with Gasteiger partial charge in [-0.25, -0.2) is 9.97 Å². The van der Waals surface area contributed by atoms with Crippen LogP contribution in [0.2, 0.25) is 0 Å².